The largest absolute Gasteiger partial charge is 0.496 e. The smallest absolute Gasteiger partial charge is 0.123 e. The molecule has 3 nitrogen and oxygen atoms in total. The quantitative estimate of drug-likeness (QED) is 0.835. The zero-order chi connectivity index (χ0) is 11.2. The van der Waals surface area contributed by atoms with E-state index in [-0.39, 0.29) is 0 Å². The minimum absolute atomic E-state index is 0.727. The third-order valence-electron chi connectivity index (χ3n) is 2.39. The molecule has 1 aromatic heterocycles. The maximum Gasteiger partial charge on any atom is 0.123 e. The Morgan fingerprint density at radius 3 is 2.75 bits per heavy atom. The van der Waals surface area contributed by atoms with Crippen molar-refractivity contribution in [3.05, 3.63) is 54.0 Å². The van der Waals surface area contributed by atoms with Crippen molar-refractivity contribution in [2.75, 3.05) is 7.11 Å². The fraction of sp³-hybridized carbons (Fsp3) is 0.231. The molecule has 2 aromatic rings. The molecule has 1 heterocycles. The molecule has 0 aliphatic carbocycles. The summed E-state index contributed by atoms with van der Waals surface area (Å²) in [6.07, 6.45) is 1.68. The summed E-state index contributed by atoms with van der Waals surface area (Å²) in [5.74, 6) is 1.85. The van der Waals surface area contributed by atoms with Crippen LogP contribution in [-0.2, 0) is 13.1 Å². The van der Waals surface area contributed by atoms with Crippen molar-refractivity contribution in [1.82, 2.24) is 5.32 Å². The number of hydrogen-bond donors (Lipinski definition) is 1. The maximum atomic E-state index is 5.27. The Morgan fingerprint density at radius 2 is 2.00 bits per heavy atom. The summed E-state index contributed by atoms with van der Waals surface area (Å²) in [4.78, 5) is 0. The van der Waals surface area contributed by atoms with E-state index in [4.69, 9.17) is 9.15 Å². The molecule has 0 aliphatic rings. The summed E-state index contributed by atoms with van der Waals surface area (Å²) < 4.78 is 10.5. The van der Waals surface area contributed by atoms with Gasteiger partial charge in [0.2, 0.25) is 0 Å². The summed E-state index contributed by atoms with van der Waals surface area (Å²) in [5.41, 5.74) is 1.15. The summed E-state index contributed by atoms with van der Waals surface area (Å²) in [7, 11) is 1.69. The second-order valence-electron chi connectivity index (χ2n) is 3.49. The molecule has 0 radical (unpaired) electrons. The van der Waals surface area contributed by atoms with Crippen LogP contribution in [0.25, 0.3) is 0 Å². The molecule has 84 valence electrons. The summed E-state index contributed by atoms with van der Waals surface area (Å²) in [5, 5.41) is 3.31. The fourth-order valence-electron chi connectivity index (χ4n) is 1.58. The molecular weight excluding hydrogens is 202 g/mol. The van der Waals surface area contributed by atoms with E-state index >= 15 is 0 Å². The van der Waals surface area contributed by atoms with Gasteiger partial charge in [-0.25, -0.2) is 0 Å². The van der Waals surface area contributed by atoms with Crippen molar-refractivity contribution in [3.63, 3.8) is 0 Å². The van der Waals surface area contributed by atoms with Crippen LogP contribution in [0.4, 0.5) is 0 Å². The van der Waals surface area contributed by atoms with Gasteiger partial charge >= 0.3 is 0 Å². The predicted molar refractivity (Wildman–Crippen MR) is 62.2 cm³/mol. The highest BCUT2D eigenvalue weighted by atomic mass is 16.5. The maximum absolute atomic E-state index is 5.27. The molecule has 0 bridgehead atoms. The summed E-state index contributed by atoms with van der Waals surface area (Å²) >= 11 is 0. The van der Waals surface area contributed by atoms with Crippen molar-refractivity contribution >= 4 is 0 Å². The van der Waals surface area contributed by atoms with Crippen LogP contribution in [0.3, 0.4) is 0 Å². The molecule has 0 amide bonds. The van der Waals surface area contributed by atoms with Crippen LogP contribution in [0.15, 0.2) is 47.1 Å². The lowest BCUT2D eigenvalue weighted by Crippen LogP contribution is -2.12. The van der Waals surface area contributed by atoms with Crippen LogP contribution < -0.4 is 10.1 Å². The first-order valence-corrected chi connectivity index (χ1v) is 5.25. The lowest BCUT2D eigenvalue weighted by Gasteiger charge is -2.08. The van der Waals surface area contributed by atoms with Crippen molar-refractivity contribution in [2.24, 2.45) is 0 Å². The molecule has 0 saturated heterocycles. The third kappa shape index (κ3) is 2.64. The number of rotatable bonds is 5. The normalized spacial score (nSPS) is 10.3. The van der Waals surface area contributed by atoms with Gasteiger partial charge in [0.1, 0.15) is 11.5 Å². The number of nitrogens with one attached hydrogen (secondary N) is 1. The van der Waals surface area contributed by atoms with E-state index in [1.54, 1.807) is 13.4 Å². The fourth-order valence-corrected chi connectivity index (χ4v) is 1.58. The van der Waals surface area contributed by atoms with Crippen LogP contribution in [0.2, 0.25) is 0 Å². The number of para-hydroxylation sites is 1. The van der Waals surface area contributed by atoms with Gasteiger partial charge < -0.3 is 14.5 Å². The molecule has 3 heteroatoms. The number of hydrogen-bond acceptors (Lipinski definition) is 3. The minimum atomic E-state index is 0.727. The zero-order valence-electron chi connectivity index (χ0n) is 9.27. The van der Waals surface area contributed by atoms with E-state index in [1.165, 1.54) is 0 Å². The van der Waals surface area contributed by atoms with Crippen molar-refractivity contribution in [1.29, 1.82) is 0 Å². The summed E-state index contributed by atoms with van der Waals surface area (Å²) in [6.45, 7) is 1.50. The molecule has 0 atom stereocenters. The van der Waals surface area contributed by atoms with E-state index in [0.29, 0.717) is 0 Å². The highest BCUT2D eigenvalue weighted by molar-refractivity contribution is 5.32. The van der Waals surface area contributed by atoms with Crippen LogP contribution in [0.1, 0.15) is 11.3 Å². The van der Waals surface area contributed by atoms with Gasteiger partial charge in [-0.3, -0.25) is 0 Å². The standard InChI is InChI=1S/C13H15NO2/c1-15-13-7-3-2-5-11(13)9-14-10-12-6-4-8-16-12/h2-8,14H,9-10H2,1H3. The number of ether oxygens (including phenoxy) is 1. The molecule has 1 aromatic carbocycles. The second kappa shape index (κ2) is 5.37. The zero-order valence-corrected chi connectivity index (χ0v) is 9.27. The van der Waals surface area contributed by atoms with E-state index < -0.39 is 0 Å². The lowest BCUT2D eigenvalue weighted by molar-refractivity contribution is 0.406. The molecule has 16 heavy (non-hydrogen) atoms. The molecular formula is C13H15NO2. The van der Waals surface area contributed by atoms with Gasteiger partial charge in [0.25, 0.3) is 0 Å². The van der Waals surface area contributed by atoms with E-state index in [9.17, 15) is 0 Å². The number of methoxy groups -OCH3 is 1. The molecule has 0 unspecified atom stereocenters. The Morgan fingerprint density at radius 1 is 1.12 bits per heavy atom. The van der Waals surface area contributed by atoms with Gasteiger partial charge in [0.05, 0.1) is 19.9 Å². The molecule has 2 rings (SSSR count). The Hall–Kier alpha value is -1.74. The number of furan rings is 1. The van der Waals surface area contributed by atoms with Crippen LogP contribution in [0, 0.1) is 0 Å². The van der Waals surface area contributed by atoms with Crippen LogP contribution >= 0.6 is 0 Å². The van der Waals surface area contributed by atoms with Crippen molar-refractivity contribution < 1.29 is 9.15 Å². The van der Waals surface area contributed by atoms with Gasteiger partial charge in [-0.2, -0.15) is 0 Å². The summed E-state index contributed by atoms with van der Waals surface area (Å²) in [6, 6.07) is 11.8. The van der Waals surface area contributed by atoms with Crippen molar-refractivity contribution in [2.45, 2.75) is 13.1 Å². The highest BCUT2D eigenvalue weighted by Crippen LogP contribution is 2.16. The molecule has 0 spiro atoms. The van der Waals surface area contributed by atoms with Gasteiger partial charge in [-0.1, -0.05) is 18.2 Å². The van der Waals surface area contributed by atoms with Gasteiger partial charge in [-0.05, 0) is 18.2 Å². The monoisotopic (exact) mass is 217 g/mol. The first-order chi connectivity index (χ1) is 7.90. The predicted octanol–water partition coefficient (Wildman–Crippen LogP) is 2.58. The molecule has 1 N–H and O–H groups in total. The Kier molecular flexibility index (Phi) is 3.62. The Bertz CT molecular complexity index is 423. The Labute approximate surface area is 95.0 Å². The van der Waals surface area contributed by atoms with Gasteiger partial charge in [0.15, 0.2) is 0 Å². The van der Waals surface area contributed by atoms with E-state index in [0.717, 1.165) is 30.2 Å². The number of benzene rings is 1. The van der Waals surface area contributed by atoms with Crippen molar-refractivity contribution in [3.8, 4) is 5.75 Å². The van der Waals surface area contributed by atoms with E-state index in [1.807, 2.05) is 36.4 Å². The third-order valence-corrected chi connectivity index (χ3v) is 2.39. The highest BCUT2D eigenvalue weighted by Gasteiger charge is 2.01. The minimum Gasteiger partial charge on any atom is -0.496 e. The molecule has 0 saturated carbocycles. The Balaban J connectivity index is 1.89. The van der Waals surface area contributed by atoms with Gasteiger partial charge in [-0.15, -0.1) is 0 Å². The van der Waals surface area contributed by atoms with Gasteiger partial charge in [0, 0.05) is 12.1 Å². The topological polar surface area (TPSA) is 34.4 Å². The second-order valence-corrected chi connectivity index (χ2v) is 3.49. The first kappa shape index (κ1) is 10.8. The SMILES string of the molecule is COc1ccccc1CNCc1ccco1. The molecule has 0 fully saturated rings. The average Bonchev–Trinajstić information content (AvgIpc) is 2.83. The van der Waals surface area contributed by atoms with Crippen LogP contribution in [-0.4, -0.2) is 7.11 Å². The van der Waals surface area contributed by atoms with Crippen LogP contribution in [0.5, 0.6) is 5.75 Å². The first-order valence-electron chi connectivity index (χ1n) is 5.25. The molecule has 0 aliphatic heterocycles. The average molecular weight is 217 g/mol. The van der Waals surface area contributed by atoms with E-state index in [2.05, 4.69) is 5.32 Å². The lowest BCUT2D eigenvalue weighted by atomic mass is 10.2.